The van der Waals surface area contributed by atoms with E-state index in [0.29, 0.717) is 24.0 Å². The molecule has 0 saturated carbocycles. The fraction of sp³-hybridized carbons (Fsp3) is 0.290. The van der Waals surface area contributed by atoms with Gasteiger partial charge in [0.2, 0.25) is 5.95 Å². The van der Waals surface area contributed by atoms with Crippen molar-refractivity contribution in [3.63, 3.8) is 0 Å². The van der Waals surface area contributed by atoms with E-state index in [9.17, 15) is 9.18 Å². The Bertz CT molecular complexity index is 1550. The number of ether oxygens (including phenoxy) is 2. The highest BCUT2D eigenvalue weighted by molar-refractivity contribution is 5.90. The first kappa shape index (κ1) is 28.7. The van der Waals surface area contributed by atoms with Crippen LogP contribution in [0.25, 0.3) is 11.9 Å². The molecule has 0 spiro atoms. The predicted molar refractivity (Wildman–Crippen MR) is 160 cm³/mol. The van der Waals surface area contributed by atoms with Gasteiger partial charge in [0.05, 0.1) is 31.7 Å². The summed E-state index contributed by atoms with van der Waals surface area (Å²) < 4.78 is 25.9. The van der Waals surface area contributed by atoms with Gasteiger partial charge in [-0.25, -0.2) is 18.9 Å². The van der Waals surface area contributed by atoms with E-state index in [1.54, 1.807) is 24.1 Å². The number of anilines is 2. The lowest BCUT2D eigenvalue weighted by Crippen LogP contribution is -2.46. The van der Waals surface area contributed by atoms with Crippen LogP contribution in [0.1, 0.15) is 27.2 Å². The molecule has 4 aromatic rings. The smallest absolute Gasteiger partial charge is 0.338 e. The van der Waals surface area contributed by atoms with Gasteiger partial charge in [0, 0.05) is 62.8 Å². The number of esters is 1. The Balaban J connectivity index is 1.15. The highest BCUT2D eigenvalue weighted by Gasteiger charge is 2.19. The fourth-order valence-corrected chi connectivity index (χ4v) is 4.80. The normalized spacial score (nSPS) is 13.9. The van der Waals surface area contributed by atoms with Crippen LogP contribution in [0.3, 0.4) is 0 Å². The standard InChI is InChI=1S/C31H34FN7O3/c1-22-24(5-4-12-37-13-15-38(16-14-37)27-18-25(30(40)42-3)17-26(32)19-27)21-35-39(22)29-10-11-33-31(36-29)34-20-23-6-8-28(41-2)9-7-23/h4-11,17-19,21H,12-16,20H2,1-3H3,(H,33,34,36)/b5-4+. The second-order valence-electron chi connectivity index (χ2n) is 9.92. The van der Waals surface area contributed by atoms with Crippen molar-refractivity contribution in [2.24, 2.45) is 0 Å². The topological polar surface area (TPSA) is 97.6 Å². The molecule has 0 radical (unpaired) electrons. The van der Waals surface area contributed by atoms with Gasteiger partial charge in [-0.15, -0.1) is 0 Å². The molecule has 1 fully saturated rings. The van der Waals surface area contributed by atoms with E-state index in [4.69, 9.17) is 9.47 Å². The number of methoxy groups -OCH3 is 2. The van der Waals surface area contributed by atoms with E-state index in [-0.39, 0.29) is 5.56 Å². The first-order valence-electron chi connectivity index (χ1n) is 13.7. The minimum absolute atomic E-state index is 0.219. The lowest BCUT2D eigenvalue weighted by molar-refractivity contribution is 0.0600. The Kier molecular flexibility index (Phi) is 9.08. The van der Waals surface area contributed by atoms with Crippen molar-refractivity contribution in [1.82, 2.24) is 24.6 Å². The summed E-state index contributed by atoms with van der Waals surface area (Å²) in [6, 6.07) is 14.0. The fourth-order valence-electron chi connectivity index (χ4n) is 4.80. The van der Waals surface area contributed by atoms with Crippen molar-refractivity contribution in [2.75, 3.05) is 57.2 Å². The SMILES string of the molecule is COC(=O)c1cc(F)cc(N2CCN(C/C=C/c3cnn(-c4ccnc(NCc5ccc(OC)cc5)n4)c3C)CC2)c1. The van der Waals surface area contributed by atoms with Crippen LogP contribution in [0, 0.1) is 12.7 Å². The average molecular weight is 572 g/mol. The van der Waals surface area contributed by atoms with E-state index in [2.05, 4.69) is 42.3 Å². The van der Waals surface area contributed by atoms with Crippen LogP contribution in [0.4, 0.5) is 16.0 Å². The monoisotopic (exact) mass is 571 g/mol. The number of hydrogen-bond donors (Lipinski definition) is 1. The molecule has 0 aliphatic carbocycles. The van der Waals surface area contributed by atoms with Gasteiger partial charge in [0.15, 0.2) is 5.82 Å². The minimum atomic E-state index is -0.542. The number of hydrogen-bond acceptors (Lipinski definition) is 9. The third-order valence-corrected chi connectivity index (χ3v) is 7.22. The van der Waals surface area contributed by atoms with Crippen LogP contribution in [-0.4, -0.2) is 77.6 Å². The number of benzene rings is 2. The second-order valence-corrected chi connectivity index (χ2v) is 9.92. The predicted octanol–water partition coefficient (Wildman–Crippen LogP) is 4.35. The summed E-state index contributed by atoms with van der Waals surface area (Å²) in [5.41, 5.74) is 3.99. The summed E-state index contributed by atoms with van der Waals surface area (Å²) >= 11 is 0. The van der Waals surface area contributed by atoms with Crippen LogP contribution in [0.5, 0.6) is 5.75 Å². The summed E-state index contributed by atoms with van der Waals surface area (Å²) in [7, 11) is 2.94. The largest absolute Gasteiger partial charge is 0.497 e. The Morgan fingerprint density at radius 3 is 2.60 bits per heavy atom. The Labute approximate surface area is 244 Å². The molecular formula is C31H34FN7O3. The van der Waals surface area contributed by atoms with Crippen molar-refractivity contribution in [3.05, 3.63) is 95.2 Å². The first-order valence-corrected chi connectivity index (χ1v) is 13.7. The maximum Gasteiger partial charge on any atom is 0.338 e. The summed E-state index contributed by atoms with van der Waals surface area (Å²) in [6.07, 6.45) is 7.75. The van der Waals surface area contributed by atoms with E-state index in [1.165, 1.54) is 19.2 Å². The number of aromatic nitrogens is 4. The van der Waals surface area contributed by atoms with E-state index >= 15 is 0 Å². The molecule has 0 atom stereocenters. The number of piperazine rings is 1. The molecule has 2 aromatic heterocycles. The summed E-state index contributed by atoms with van der Waals surface area (Å²) in [6.45, 7) is 6.49. The lowest BCUT2D eigenvalue weighted by Gasteiger charge is -2.35. The van der Waals surface area contributed by atoms with Gasteiger partial charge in [-0.1, -0.05) is 24.3 Å². The zero-order chi connectivity index (χ0) is 29.5. The number of carbonyl (C=O) groups excluding carboxylic acids is 1. The molecule has 1 saturated heterocycles. The lowest BCUT2D eigenvalue weighted by atomic mass is 10.1. The van der Waals surface area contributed by atoms with E-state index < -0.39 is 11.8 Å². The minimum Gasteiger partial charge on any atom is -0.497 e. The molecule has 11 heteroatoms. The zero-order valence-electron chi connectivity index (χ0n) is 24.0. The third-order valence-electron chi connectivity index (χ3n) is 7.22. The Morgan fingerprint density at radius 1 is 1.07 bits per heavy atom. The number of halogens is 1. The summed E-state index contributed by atoms with van der Waals surface area (Å²) in [5.74, 6) is 1.03. The number of nitrogens with zero attached hydrogens (tertiary/aromatic N) is 6. The van der Waals surface area contributed by atoms with Crippen LogP contribution in [-0.2, 0) is 11.3 Å². The van der Waals surface area contributed by atoms with Crippen molar-refractivity contribution >= 4 is 23.7 Å². The molecule has 1 aliphatic heterocycles. The molecule has 5 rings (SSSR count). The quantitative estimate of drug-likeness (QED) is 0.279. The van der Waals surface area contributed by atoms with Gasteiger partial charge in [0.1, 0.15) is 11.6 Å². The van der Waals surface area contributed by atoms with Gasteiger partial charge >= 0.3 is 5.97 Å². The molecule has 42 heavy (non-hydrogen) atoms. The molecule has 2 aromatic carbocycles. The maximum absolute atomic E-state index is 14.1. The number of nitrogens with one attached hydrogen (secondary N) is 1. The van der Waals surface area contributed by atoms with Gasteiger partial charge in [0.25, 0.3) is 0 Å². The first-order chi connectivity index (χ1) is 20.4. The maximum atomic E-state index is 14.1. The summed E-state index contributed by atoms with van der Waals surface area (Å²) in [5, 5.41) is 7.82. The molecule has 0 unspecified atom stereocenters. The summed E-state index contributed by atoms with van der Waals surface area (Å²) in [4.78, 5) is 25.3. The van der Waals surface area contributed by atoms with Crippen molar-refractivity contribution in [3.8, 4) is 11.6 Å². The zero-order valence-corrected chi connectivity index (χ0v) is 24.0. The molecular weight excluding hydrogens is 537 g/mol. The van der Waals surface area contributed by atoms with Gasteiger partial charge in [-0.3, -0.25) is 4.90 Å². The van der Waals surface area contributed by atoms with Crippen molar-refractivity contribution in [2.45, 2.75) is 13.5 Å². The molecule has 0 amide bonds. The van der Waals surface area contributed by atoms with Crippen LogP contribution < -0.4 is 15.0 Å². The Hall–Kier alpha value is -4.77. The van der Waals surface area contributed by atoms with E-state index in [0.717, 1.165) is 55.3 Å². The van der Waals surface area contributed by atoms with Gasteiger partial charge in [-0.05, 0) is 42.8 Å². The highest BCUT2D eigenvalue weighted by Crippen LogP contribution is 2.21. The van der Waals surface area contributed by atoms with Crippen molar-refractivity contribution < 1.29 is 18.7 Å². The van der Waals surface area contributed by atoms with Crippen LogP contribution in [0.2, 0.25) is 0 Å². The third kappa shape index (κ3) is 6.92. The average Bonchev–Trinajstić information content (AvgIpc) is 3.39. The molecule has 218 valence electrons. The highest BCUT2D eigenvalue weighted by atomic mass is 19.1. The molecule has 0 bridgehead atoms. The molecule has 10 nitrogen and oxygen atoms in total. The number of carbonyl (C=O) groups is 1. The van der Waals surface area contributed by atoms with Gasteiger partial charge < -0.3 is 19.7 Å². The second kappa shape index (κ2) is 13.3. The van der Waals surface area contributed by atoms with Crippen LogP contribution in [0.15, 0.2) is 67.0 Å². The Morgan fingerprint density at radius 2 is 1.86 bits per heavy atom. The van der Waals surface area contributed by atoms with Crippen molar-refractivity contribution in [1.29, 1.82) is 0 Å². The van der Waals surface area contributed by atoms with Gasteiger partial charge in [-0.2, -0.15) is 10.1 Å². The number of rotatable bonds is 10. The molecule has 1 aliphatic rings. The van der Waals surface area contributed by atoms with Crippen LogP contribution >= 0.6 is 0 Å². The molecule has 1 N–H and O–H groups in total. The molecule has 3 heterocycles. The van der Waals surface area contributed by atoms with E-state index in [1.807, 2.05) is 43.5 Å².